The summed E-state index contributed by atoms with van der Waals surface area (Å²) >= 11 is 0. The van der Waals surface area contributed by atoms with E-state index in [4.69, 9.17) is 20.1 Å². The third-order valence-electron chi connectivity index (χ3n) is 5.62. The highest BCUT2D eigenvalue weighted by molar-refractivity contribution is 5.62. The van der Waals surface area contributed by atoms with Gasteiger partial charge in [-0.2, -0.15) is 0 Å². The maximum Gasteiger partial charge on any atom is 0.211 e. The van der Waals surface area contributed by atoms with Crippen molar-refractivity contribution >= 4 is 0 Å². The van der Waals surface area contributed by atoms with Crippen molar-refractivity contribution in [2.75, 3.05) is 20.7 Å². The fourth-order valence-electron chi connectivity index (χ4n) is 4.62. The molecule has 1 N–H and O–H groups in total. The number of likely N-dealkylation sites (tertiary alicyclic amines) is 1. The molecule has 0 aromatic heterocycles. The van der Waals surface area contributed by atoms with Crippen LogP contribution in [0.4, 0.5) is 0 Å². The Balaban J connectivity index is 1.93. The van der Waals surface area contributed by atoms with Crippen LogP contribution in [0, 0.1) is 5.92 Å². The van der Waals surface area contributed by atoms with E-state index in [0.717, 1.165) is 0 Å². The Morgan fingerprint density at radius 2 is 2.45 bits per heavy atom. The first-order valence-electron chi connectivity index (χ1n) is 10.0. The van der Waals surface area contributed by atoms with E-state index >= 15 is 0 Å². The Hall–Kier alpha value is -1.52. The largest absolute Gasteiger partial charge is 0.493 e. The Morgan fingerprint density at radius 1 is 1.55 bits per heavy atom. The van der Waals surface area contributed by atoms with Gasteiger partial charge in [0, 0.05) is 25.7 Å². The molecule has 2 bridgehead atoms. The molecule has 4 aliphatic rings. The maximum absolute atomic E-state index is 9.27. The lowest BCUT2D eigenvalue weighted by Crippen LogP contribution is -2.64. The summed E-state index contributed by atoms with van der Waals surface area (Å²) in [5.74, 6) is 0.334. The van der Waals surface area contributed by atoms with Gasteiger partial charge in [0.25, 0.3) is 0 Å². The summed E-state index contributed by atoms with van der Waals surface area (Å²) in [6.45, 7) is 0.558. The van der Waals surface area contributed by atoms with Crippen LogP contribution in [0.5, 0.6) is 11.5 Å². The Kier molecular flexibility index (Phi) is 1.65. The predicted molar refractivity (Wildman–Crippen MR) is 82.5 cm³/mol. The van der Waals surface area contributed by atoms with E-state index in [-0.39, 0.29) is 5.92 Å². The first-order chi connectivity index (χ1) is 12.7. The lowest BCUT2D eigenvalue weighted by molar-refractivity contribution is -0.0453. The number of benzene rings is 1. The number of hydrogen-bond donors (Lipinski definition) is 1. The summed E-state index contributed by atoms with van der Waals surface area (Å²) in [5.41, 5.74) is 0.101. The highest BCUT2D eigenvalue weighted by Gasteiger charge is 2.64. The molecule has 116 valence electrons. The van der Waals surface area contributed by atoms with E-state index in [9.17, 15) is 1.37 Å². The molecule has 1 aromatic rings. The standard InChI is InChI=1S/C18H21NO3/c1-19-8-7-18-11-4-5-13(20)17(18)22-16-14(21-2)6-3-10(15(16)18)9-12(11)19/h3-6,11-13,17,20H,7-9H2,1-2H3/t11-,12+,13?,17?,18-/m0/s1/i9D2,13D,17D,20D. The fourth-order valence-corrected chi connectivity index (χ4v) is 4.62. The molecular weight excluding hydrogens is 278 g/mol. The zero-order valence-corrected chi connectivity index (χ0v) is 12.6. The normalized spacial score (nSPS) is 53.3. The van der Waals surface area contributed by atoms with Gasteiger partial charge in [0.05, 0.1) is 9.85 Å². The number of aliphatic hydroxyl groups is 1. The third-order valence-corrected chi connectivity index (χ3v) is 5.62. The Morgan fingerprint density at radius 3 is 3.27 bits per heavy atom. The van der Waals surface area contributed by atoms with E-state index in [0.29, 0.717) is 35.6 Å². The minimum Gasteiger partial charge on any atom is -0.493 e. The lowest BCUT2D eigenvalue weighted by atomic mass is 9.53. The van der Waals surface area contributed by atoms with E-state index in [2.05, 4.69) is 0 Å². The van der Waals surface area contributed by atoms with Crippen LogP contribution in [0.15, 0.2) is 24.3 Å². The van der Waals surface area contributed by atoms with Gasteiger partial charge in [-0.25, -0.2) is 0 Å². The van der Waals surface area contributed by atoms with Crippen molar-refractivity contribution in [2.45, 2.75) is 36.4 Å². The van der Waals surface area contributed by atoms with Crippen LogP contribution in [0.25, 0.3) is 0 Å². The van der Waals surface area contributed by atoms with Crippen LogP contribution >= 0.6 is 0 Å². The van der Waals surface area contributed by atoms with Crippen LogP contribution in [0.1, 0.15) is 23.0 Å². The van der Waals surface area contributed by atoms with Crippen molar-refractivity contribution in [1.82, 2.24) is 4.90 Å². The molecule has 2 aliphatic heterocycles. The van der Waals surface area contributed by atoms with Crippen molar-refractivity contribution in [3.63, 3.8) is 0 Å². The summed E-state index contributed by atoms with van der Waals surface area (Å²) in [7, 11) is 3.39. The second-order valence-corrected chi connectivity index (χ2v) is 6.49. The van der Waals surface area contributed by atoms with Crippen molar-refractivity contribution in [3.8, 4) is 11.5 Å². The van der Waals surface area contributed by atoms with Gasteiger partial charge in [0.1, 0.15) is 12.2 Å². The third kappa shape index (κ3) is 1.28. The molecule has 2 unspecified atom stereocenters. The quantitative estimate of drug-likeness (QED) is 0.841. The summed E-state index contributed by atoms with van der Waals surface area (Å²) in [6, 6.07) is 2.86. The zero-order valence-electron chi connectivity index (χ0n) is 17.6. The van der Waals surface area contributed by atoms with Crippen LogP contribution in [-0.2, 0) is 11.8 Å². The minimum absolute atomic E-state index is 0.305. The fraction of sp³-hybridized carbons (Fsp3) is 0.556. The number of methoxy groups -OCH3 is 1. The van der Waals surface area contributed by atoms with Crippen molar-refractivity contribution in [3.05, 3.63) is 35.4 Å². The molecule has 5 rings (SSSR count). The Labute approximate surface area is 137 Å². The second-order valence-electron chi connectivity index (χ2n) is 6.49. The van der Waals surface area contributed by atoms with Gasteiger partial charge in [-0.3, -0.25) is 0 Å². The maximum atomic E-state index is 9.27. The molecule has 0 saturated carbocycles. The van der Waals surface area contributed by atoms with Gasteiger partial charge in [0.2, 0.25) is 1.43 Å². The molecular formula is C18H21NO3. The highest BCUT2D eigenvalue weighted by atomic mass is 16.5. The SMILES string of the molecule is [2H]OC1([2H])C=C[C@H]2[C@@H]3N(C)CC[C@@]24c2c(ccc(OC)c2OC14[2H])C3([2H])[2H]. The number of likely N-dealkylation sites (N-methyl/N-ethyl adjacent to an activating group) is 1. The van der Waals surface area contributed by atoms with E-state index in [1.54, 1.807) is 18.2 Å². The Bertz CT molecular complexity index is 879. The molecule has 0 amide bonds. The molecule has 22 heavy (non-hydrogen) atoms. The number of ether oxygens (including phenoxy) is 2. The average Bonchev–Trinajstić information content (AvgIpc) is 2.91. The van der Waals surface area contributed by atoms with E-state index in [1.807, 2.05) is 11.9 Å². The topological polar surface area (TPSA) is 41.9 Å². The van der Waals surface area contributed by atoms with Gasteiger partial charge in [-0.05, 0) is 38.0 Å². The summed E-state index contributed by atoms with van der Waals surface area (Å²) in [6.07, 6.45) is -1.97. The minimum atomic E-state index is -2.03. The van der Waals surface area contributed by atoms with Crippen molar-refractivity contribution in [1.29, 1.82) is 1.43 Å². The van der Waals surface area contributed by atoms with Gasteiger partial charge in [0.15, 0.2) is 11.5 Å². The molecule has 4 heteroatoms. The highest BCUT2D eigenvalue weighted by Crippen LogP contribution is 2.62. The molecule has 1 saturated heterocycles. The van der Waals surface area contributed by atoms with Gasteiger partial charge < -0.3 is 19.5 Å². The molecule has 4 nitrogen and oxygen atoms in total. The first-order valence-corrected chi connectivity index (χ1v) is 7.63. The number of piperidine rings is 1. The monoisotopic (exact) mass is 304 g/mol. The number of hydrogen-bond acceptors (Lipinski definition) is 4. The predicted octanol–water partition coefficient (Wildman–Crippen LogP) is 1.50. The van der Waals surface area contributed by atoms with E-state index < -0.39 is 30.0 Å². The van der Waals surface area contributed by atoms with Crippen LogP contribution in [0.2, 0.25) is 0 Å². The van der Waals surface area contributed by atoms with Crippen LogP contribution in [0.3, 0.4) is 0 Å². The molecule has 1 spiro atoms. The van der Waals surface area contributed by atoms with Gasteiger partial charge in [-0.1, -0.05) is 18.2 Å². The van der Waals surface area contributed by atoms with Crippen molar-refractivity contribution < 1.29 is 20.1 Å². The number of nitrogens with zero attached hydrogens (tertiary/aromatic N) is 1. The number of rotatable bonds is 2. The second kappa shape index (κ2) is 4.06. The van der Waals surface area contributed by atoms with Crippen LogP contribution in [-0.4, -0.2) is 50.3 Å². The average molecular weight is 304 g/mol. The smallest absolute Gasteiger partial charge is 0.211 e. The van der Waals surface area contributed by atoms with E-state index in [1.165, 1.54) is 13.2 Å². The molecule has 2 heterocycles. The summed E-state index contributed by atoms with van der Waals surface area (Å²) in [5, 5.41) is 4.75. The molecule has 1 fully saturated rings. The van der Waals surface area contributed by atoms with Gasteiger partial charge in [-0.15, -0.1) is 0 Å². The molecule has 2 aliphatic carbocycles. The lowest BCUT2D eigenvalue weighted by Gasteiger charge is -2.56. The summed E-state index contributed by atoms with van der Waals surface area (Å²) < 4.78 is 54.8. The summed E-state index contributed by atoms with van der Waals surface area (Å²) in [4.78, 5) is 1.99. The molecule has 5 atom stereocenters. The van der Waals surface area contributed by atoms with Crippen LogP contribution < -0.4 is 9.47 Å². The van der Waals surface area contributed by atoms with Gasteiger partial charge >= 0.3 is 0 Å². The van der Waals surface area contributed by atoms with Crippen molar-refractivity contribution in [2.24, 2.45) is 5.92 Å². The molecule has 1 aromatic carbocycles. The zero-order chi connectivity index (χ0) is 19.4. The first kappa shape index (κ1) is 8.94. The molecule has 0 radical (unpaired) electrons.